The number of carbonyl (C=O) groups excluding carboxylic acids is 1. The number of hydrogen-bond donors (Lipinski definition) is 1. The Balaban J connectivity index is 4.98. The fourth-order valence-electron chi connectivity index (χ4n) is 1.17. The van der Waals surface area contributed by atoms with Crippen LogP contribution in [-0.4, -0.2) is 36.1 Å². The molecule has 0 rings (SSSR count). The van der Waals surface area contributed by atoms with Gasteiger partial charge in [0.15, 0.2) is 0 Å². The lowest BCUT2D eigenvalue weighted by Crippen LogP contribution is -2.29. The van der Waals surface area contributed by atoms with Crippen LogP contribution in [0, 0.1) is 0 Å². The van der Waals surface area contributed by atoms with Crippen molar-refractivity contribution in [1.82, 2.24) is 0 Å². The molecule has 0 amide bonds. The molecule has 0 aromatic carbocycles. The van der Waals surface area contributed by atoms with Crippen molar-refractivity contribution in [3.63, 3.8) is 0 Å². The fraction of sp³-hybridized carbons (Fsp3) is 0.800. The van der Waals surface area contributed by atoms with E-state index in [1.54, 1.807) is 20.8 Å². The maximum atomic E-state index is 12.2. The molecule has 0 saturated carbocycles. The van der Waals surface area contributed by atoms with Crippen molar-refractivity contribution in [1.29, 1.82) is 0 Å². The average molecular weight is 282 g/mol. The van der Waals surface area contributed by atoms with E-state index in [1.165, 1.54) is 0 Å². The van der Waals surface area contributed by atoms with E-state index in [1.807, 2.05) is 0 Å². The minimum absolute atomic E-state index is 0.00755. The van der Waals surface area contributed by atoms with Gasteiger partial charge >= 0.3 is 19.5 Å². The van der Waals surface area contributed by atoms with E-state index in [0.29, 0.717) is 6.42 Å². The van der Waals surface area contributed by atoms with Crippen LogP contribution in [0.1, 0.15) is 33.6 Å². The standard InChI is InChI=1S/C10H19O7P/c1-4-7-8(11)17-10(9(12)13)18(14,15-5-2)16-6-3/h10H,4-7H2,1-3H3,(H,12,13). The molecular formula is C10H19O7P. The summed E-state index contributed by atoms with van der Waals surface area (Å²) in [5.41, 5.74) is 0. The molecule has 1 atom stereocenters. The van der Waals surface area contributed by atoms with Gasteiger partial charge in [0.25, 0.3) is 5.85 Å². The van der Waals surface area contributed by atoms with Crippen molar-refractivity contribution in [3.05, 3.63) is 0 Å². The third-order valence-electron chi connectivity index (χ3n) is 1.81. The zero-order valence-electron chi connectivity index (χ0n) is 10.7. The molecule has 1 N–H and O–H groups in total. The molecule has 0 saturated heterocycles. The summed E-state index contributed by atoms with van der Waals surface area (Å²) in [6.45, 7) is 4.80. The quantitative estimate of drug-likeness (QED) is 0.510. The summed E-state index contributed by atoms with van der Waals surface area (Å²) in [7, 11) is -4.01. The minimum atomic E-state index is -4.01. The molecule has 18 heavy (non-hydrogen) atoms. The van der Waals surface area contributed by atoms with Crippen molar-refractivity contribution >= 4 is 19.5 Å². The van der Waals surface area contributed by atoms with Crippen LogP contribution in [0.15, 0.2) is 0 Å². The Kier molecular flexibility index (Phi) is 7.82. The molecule has 0 aliphatic carbocycles. The van der Waals surface area contributed by atoms with Crippen molar-refractivity contribution in [2.75, 3.05) is 13.2 Å². The monoisotopic (exact) mass is 282 g/mol. The summed E-state index contributed by atoms with van der Waals surface area (Å²) in [6.07, 6.45) is 0.542. The van der Waals surface area contributed by atoms with Gasteiger partial charge in [0.1, 0.15) is 0 Å². The second kappa shape index (κ2) is 8.24. The summed E-state index contributed by atoms with van der Waals surface area (Å²) < 4.78 is 26.6. The van der Waals surface area contributed by atoms with Gasteiger partial charge in [-0.25, -0.2) is 4.79 Å². The second-order valence-electron chi connectivity index (χ2n) is 3.31. The largest absolute Gasteiger partial charge is 0.478 e. The molecule has 0 fully saturated rings. The molecule has 0 heterocycles. The van der Waals surface area contributed by atoms with Crippen molar-refractivity contribution in [2.24, 2.45) is 0 Å². The highest BCUT2D eigenvalue weighted by atomic mass is 31.2. The maximum absolute atomic E-state index is 12.2. The van der Waals surface area contributed by atoms with Crippen molar-refractivity contribution < 1.29 is 33.0 Å². The molecular weight excluding hydrogens is 263 g/mol. The van der Waals surface area contributed by atoms with Crippen molar-refractivity contribution in [3.8, 4) is 0 Å². The summed E-state index contributed by atoms with van der Waals surface area (Å²) in [5, 5.41) is 8.97. The number of carboxylic acid groups (broad SMARTS) is 1. The van der Waals surface area contributed by atoms with Crippen molar-refractivity contribution in [2.45, 2.75) is 39.5 Å². The first-order valence-corrected chi connectivity index (χ1v) is 7.33. The predicted octanol–water partition coefficient (Wildman–Crippen LogP) is 2.01. The Morgan fingerprint density at radius 3 is 2.00 bits per heavy atom. The van der Waals surface area contributed by atoms with E-state index in [-0.39, 0.29) is 19.6 Å². The Hall–Kier alpha value is -0.910. The molecule has 0 radical (unpaired) electrons. The lowest BCUT2D eigenvalue weighted by Gasteiger charge is -2.22. The molecule has 0 aliphatic heterocycles. The van der Waals surface area contributed by atoms with Crippen LogP contribution in [0.5, 0.6) is 0 Å². The zero-order valence-corrected chi connectivity index (χ0v) is 11.6. The SMILES string of the molecule is CCCC(=O)OC(C(=O)O)P(=O)(OCC)OCC. The number of ether oxygens (including phenoxy) is 1. The maximum Gasteiger partial charge on any atom is 0.382 e. The molecule has 0 bridgehead atoms. The highest BCUT2D eigenvalue weighted by molar-refractivity contribution is 7.55. The number of carboxylic acids is 1. The number of aliphatic carboxylic acids is 1. The Morgan fingerprint density at radius 1 is 1.17 bits per heavy atom. The molecule has 7 nitrogen and oxygen atoms in total. The highest BCUT2D eigenvalue weighted by Crippen LogP contribution is 2.53. The summed E-state index contributed by atoms with van der Waals surface area (Å²) in [4.78, 5) is 22.3. The number of rotatable bonds is 9. The van der Waals surface area contributed by atoms with Gasteiger partial charge < -0.3 is 18.9 Å². The Morgan fingerprint density at radius 2 is 1.67 bits per heavy atom. The molecule has 0 spiro atoms. The Labute approximate surface area is 106 Å². The molecule has 106 valence electrons. The Bertz CT molecular complexity index is 318. The smallest absolute Gasteiger partial charge is 0.382 e. The molecule has 0 aliphatic rings. The van der Waals surface area contributed by atoms with Gasteiger partial charge in [-0.3, -0.25) is 9.36 Å². The van der Waals surface area contributed by atoms with E-state index in [2.05, 4.69) is 4.74 Å². The van der Waals surface area contributed by atoms with Crippen LogP contribution in [0.2, 0.25) is 0 Å². The van der Waals surface area contributed by atoms with Gasteiger partial charge in [-0.1, -0.05) is 6.92 Å². The summed E-state index contributed by atoms with van der Waals surface area (Å²) in [6, 6.07) is 0. The van der Waals surface area contributed by atoms with Crippen LogP contribution in [0.25, 0.3) is 0 Å². The average Bonchev–Trinajstić information content (AvgIpc) is 2.26. The molecule has 1 unspecified atom stereocenters. The minimum Gasteiger partial charge on any atom is -0.478 e. The number of carbonyl (C=O) groups is 2. The highest BCUT2D eigenvalue weighted by Gasteiger charge is 2.44. The summed E-state index contributed by atoms with van der Waals surface area (Å²) in [5.74, 6) is -4.22. The van der Waals surface area contributed by atoms with E-state index < -0.39 is 25.4 Å². The predicted molar refractivity (Wildman–Crippen MR) is 63.3 cm³/mol. The van der Waals surface area contributed by atoms with Crippen LogP contribution in [0.4, 0.5) is 0 Å². The van der Waals surface area contributed by atoms with Gasteiger partial charge in [-0.2, -0.15) is 0 Å². The number of hydrogen-bond acceptors (Lipinski definition) is 6. The third kappa shape index (κ3) is 5.16. The second-order valence-corrected chi connectivity index (χ2v) is 5.37. The topological polar surface area (TPSA) is 99.1 Å². The molecule has 0 aromatic rings. The first-order valence-electron chi connectivity index (χ1n) is 5.72. The van der Waals surface area contributed by atoms with Gasteiger partial charge in [0, 0.05) is 6.42 Å². The van der Waals surface area contributed by atoms with E-state index >= 15 is 0 Å². The first-order chi connectivity index (χ1) is 8.41. The van der Waals surface area contributed by atoms with Crippen LogP contribution >= 0.6 is 7.60 Å². The molecule has 8 heteroatoms. The van der Waals surface area contributed by atoms with Gasteiger partial charge in [0.05, 0.1) is 13.2 Å². The van der Waals surface area contributed by atoms with E-state index in [4.69, 9.17) is 14.2 Å². The molecule has 0 aromatic heterocycles. The zero-order chi connectivity index (χ0) is 14.2. The first kappa shape index (κ1) is 17.1. The normalized spacial score (nSPS) is 13.1. The number of esters is 1. The van der Waals surface area contributed by atoms with Gasteiger partial charge in [0.2, 0.25) is 0 Å². The fourth-order valence-corrected chi connectivity index (χ4v) is 2.75. The van der Waals surface area contributed by atoms with E-state index in [9.17, 15) is 14.2 Å². The van der Waals surface area contributed by atoms with Gasteiger partial charge in [-0.15, -0.1) is 0 Å². The summed E-state index contributed by atoms with van der Waals surface area (Å²) >= 11 is 0. The lowest BCUT2D eigenvalue weighted by atomic mass is 10.3. The van der Waals surface area contributed by atoms with E-state index in [0.717, 1.165) is 0 Å². The van der Waals surface area contributed by atoms with Crippen LogP contribution in [0.3, 0.4) is 0 Å². The van der Waals surface area contributed by atoms with Gasteiger partial charge in [-0.05, 0) is 20.3 Å². The van der Waals surface area contributed by atoms with Crippen LogP contribution in [-0.2, 0) is 27.9 Å². The lowest BCUT2D eigenvalue weighted by molar-refractivity contribution is -0.159. The third-order valence-corrected chi connectivity index (χ3v) is 3.95. The van der Waals surface area contributed by atoms with Crippen LogP contribution < -0.4 is 0 Å².